The van der Waals surface area contributed by atoms with Gasteiger partial charge >= 0.3 is 0 Å². The van der Waals surface area contributed by atoms with E-state index in [1.807, 2.05) is 6.08 Å². The number of carbonyl (C=O) groups is 1. The standard InChI is InChI=1S/C31H41FO3/c1-5-14-30(21(2)33)16-13-27-25-11-8-23-19-31(34,35-20-22-6-9-24(32)10-7-22)18-17-28(23,3)26(25)12-15-29(27,30)4/h5-10,25-27,34H,1,11-20H2,2-4H3/t25-,26+,27+,28+,29+,30-,31-/m1/s1. The van der Waals surface area contributed by atoms with Crippen LogP contribution in [0.15, 0.2) is 48.6 Å². The Morgan fingerprint density at radius 1 is 1.14 bits per heavy atom. The van der Waals surface area contributed by atoms with Crippen LogP contribution in [0.4, 0.5) is 4.39 Å². The van der Waals surface area contributed by atoms with E-state index in [-0.39, 0.29) is 28.7 Å². The van der Waals surface area contributed by atoms with Crippen LogP contribution in [-0.2, 0) is 16.1 Å². The van der Waals surface area contributed by atoms with Gasteiger partial charge in [0.15, 0.2) is 5.79 Å². The number of ether oxygens (including phenoxy) is 1. The van der Waals surface area contributed by atoms with E-state index in [1.54, 1.807) is 19.1 Å². The summed E-state index contributed by atoms with van der Waals surface area (Å²) in [6, 6.07) is 6.29. The lowest BCUT2D eigenvalue weighted by Gasteiger charge is -2.60. The van der Waals surface area contributed by atoms with Crippen molar-refractivity contribution in [3.8, 4) is 0 Å². The van der Waals surface area contributed by atoms with Gasteiger partial charge in [0.25, 0.3) is 0 Å². The Morgan fingerprint density at radius 3 is 2.54 bits per heavy atom. The van der Waals surface area contributed by atoms with Crippen molar-refractivity contribution in [3.63, 3.8) is 0 Å². The fraction of sp³-hybridized carbons (Fsp3) is 0.645. The molecule has 0 amide bonds. The predicted molar refractivity (Wildman–Crippen MR) is 136 cm³/mol. The molecule has 4 aliphatic carbocycles. The Morgan fingerprint density at radius 2 is 1.86 bits per heavy atom. The number of aliphatic hydroxyl groups is 1. The zero-order valence-electron chi connectivity index (χ0n) is 21.6. The number of benzene rings is 1. The molecule has 4 heteroatoms. The maximum atomic E-state index is 13.2. The van der Waals surface area contributed by atoms with Crippen molar-refractivity contribution < 1.29 is 19.0 Å². The van der Waals surface area contributed by atoms with Crippen LogP contribution in [0, 0.1) is 39.8 Å². The molecule has 0 saturated heterocycles. The first-order valence-electron chi connectivity index (χ1n) is 13.5. The smallest absolute Gasteiger partial charge is 0.169 e. The highest BCUT2D eigenvalue weighted by Crippen LogP contribution is 2.70. The summed E-state index contributed by atoms with van der Waals surface area (Å²) in [6.07, 6.45) is 12.6. The maximum Gasteiger partial charge on any atom is 0.169 e. The van der Waals surface area contributed by atoms with Gasteiger partial charge in [-0.1, -0.05) is 43.7 Å². The second-order valence-electron chi connectivity index (χ2n) is 12.4. The molecular formula is C31H41FO3. The van der Waals surface area contributed by atoms with Crippen LogP contribution < -0.4 is 0 Å². The molecule has 0 radical (unpaired) electrons. The van der Waals surface area contributed by atoms with E-state index in [4.69, 9.17) is 4.74 Å². The number of allylic oxidation sites excluding steroid dienone is 2. The van der Waals surface area contributed by atoms with Gasteiger partial charge in [0.05, 0.1) is 6.61 Å². The van der Waals surface area contributed by atoms with E-state index in [2.05, 4.69) is 26.5 Å². The van der Waals surface area contributed by atoms with Gasteiger partial charge in [-0.3, -0.25) is 4.79 Å². The van der Waals surface area contributed by atoms with Crippen molar-refractivity contribution in [1.29, 1.82) is 0 Å². The highest BCUT2D eigenvalue weighted by Gasteiger charge is 2.65. The normalized spacial score (nSPS) is 42.4. The zero-order valence-corrected chi connectivity index (χ0v) is 21.6. The van der Waals surface area contributed by atoms with E-state index in [0.717, 1.165) is 50.5 Å². The molecule has 35 heavy (non-hydrogen) atoms. The molecule has 7 atom stereocenters. The Kier molecular flexibility index (Phi) is 6.16. The van der Waals surface area contributed by atoms with Crippen LogP contribution in [0.25, 0.3) is 0 Å². The van der Waals surface area contributed by atoms with Crippen molar-refractivity contribution in [3.05, 3.63) is 60.0 Å². The van der Waals surface area contributed by atoms with Gasteiger partial charge in [-0.2, -0.15) is 0 Å². The Labute approximate surface area is 209 Å². The van der Waals surface area contributed by atoms with Gasteiger partial charge in [0, 0.05) is 18.3 Å². The molecule has 3 fully saturated rings. The minimum atomic E-state index is -1.17. The molecule has 3 saturated carbocycles. The van der Waals surface area contributed by atoms with E-state index in [1.165, 1.54) is 17.7 Å². The van der Waals surface area contributed by atoms with E-state index in [0.29, 0.717) is 36.4 Å². The van der Waals surface area contributed by atoms with Gasteiger partial charge in [0.2, 0.25) is 0 Å². The zero-order chi connectivity index (χ0) is 25.1. The van der Waals surface area contributed by atoms with Crippen molar-refractivity contribution in [2.75, 3.05) is 0 Å². The number of hydrogen-bond acceptors (Lipinski definition) is 3. The number of halogens is 1. The first-order chi connectivity index (χ1) is 16.6. The average molecular weight is 481 g/mol. The Bertz CT molecular complexity index is 1030. The van der Waals surface area contributed by atoms with Gasteiger partial charge < -0.3 is 9.84 Å². The fourth-order valence-electron chi connectivity index (χ4n) is 8.98. The molecule has 5 rings (SSSR count). The number of rotatable bonds is 6. The summed E-state index contributed by atoms with van der Waals surface area (Å²) >= 11 is 0. The number of hydrogen-bond donors (Lipinski definition) is 1. The van der Waals surface area contributed by atoms with E-state index >= 15 is 0 Å². The minimum absolute atomic E-state index is 0.0452. The fourth-order valence-corrected chi connectivity index (χ4v) is 8.98. The number of ketones is 1. The molecule has 0 bridgehead atoms. The van der Waals surface area contributed by atoms with Crippen LogP contribution >= 0.6 is 0 Å². The molecule has 1 aromatic rings. The summed E-state index contributed by atoms with van der Waals surface area (Å²) in [7, 11) is 0. The average Bonchev–Trinajstić information content (AvgIpc) is 3.13. The SMILES string of the molecule is C=CC[C@]1(C(C)=O)CC[C@H]2[C@@H]3CC=C4C[C@](O)(OCc5ccc(F)cc5)CC[C@]4(C)[C@H]3CC[C@@]21C. The molecule has 1 N–H and O–H groups in total. The molecule has 0 aromatic heterocycles. The molecule has 0 aliphatic heterocycles. The number of carbonyl (C=O) groups excluding carboxylic acids is 1. The summed E-state index contributed by atoms with van der Waals surface area (Å²) in [4.78, 5) is 13.0. The topological polar surface area (TPSA) is 46.5 Å². The van der Waals surface area contributed by atoms with E-state index < -0.39 is 5.79 Å². The molecule has 0 unspecified atom stereocenters. The van der Waals surface area contributed by atoms with Crippen LogP contribution in [0.1, 0.15) is 84.1 Å². The van der Waals surface area contributed by atoms with Crippen molar-refractivity contribution >= 4 is 5.78 Å². The van der Waals surface area contributed by atoms with Gasteiger partial charge in [0.1, 0.15) is 11.6 Å². The van der Waals surface area contributed by atoms with Crippen LogP contribution in [-0.4, -0.2) is 16.7 Å². The third-order valence-electron chi connectivity index (χ3n) is 11.1. The lowest BCUT2D eigenvalue weighted by atomic mass is 9.45. The van der Waals surface area contributed by atoms with Crippen LogP contribution in [0.2, 0.25) is 0 Å². The molecule has 4 aliphatic rings. The minimum Gasteiger partial charge on any atom is -0.365 e. The summed E-state index contributed by atoms with van der Waals surface area (Å²) in [5.41, 5.74) is 2.08. The van der Waals surface area contributed by atoms with Crippen LogP contribution in [0.5, 0.6) is 0 Å². The second kappa shape index (κ2) is 8.66. The lowest BCUT2D eigenvalue weighted by Crippen LogP contribution is -2.55. The summed E-state index contributed by atoms with van der Waals surface area (Å²) < 4.78 is 19.3. The summed E-state index contributed by atoms with van der Waals surface area (Å²) in [5, 5.41) is 11.3. The molecule has 3 nitrogen and oxygen atoms in total. The first kappa shape index (κ1) is 24.9. The van der Waals surface area contributed by atoms with Gasteiger partial charge in [-0.15, -0.1) is 6.58 Å². The van der Waals surface area contributed by atoms with Crippen LogP contribution in [0.3, 0.4) is 0 Å². The predicted octanol–water partition coefficient (Wildman–Crippen LogP) is 7.15. The van der Waals surface area contributed by atoms with Crippen molar-refractivity contribution in [1.82, 2.24) is 0 Å². The van der Waals surface area contributed by atoms with Gasteiger partial charge in [-0.05, 0) is 98.1 Å². The monoisotopic (exact) mass is 480 g/mol. The Hall–Kier alpha value is -1.78. The number of fused-ring (bicyclic) bond motifs is 5. The lowest BCUT2D eigenvalue weighted by molar-refractivity contribution is -0.231. The molecule has 0 spiro atoms. The number of Topliss-reactive ketones (excluding diaryl/α,β-unsaturated/α-hetero) is 1. The summed E-state index contributed by atoms with van der Waals surface area (Å²) in [5.74, 6) is 0.666. The quantitative estimate of drug-likeness (QED) is 0.347. The molecule has 1 aromatic carbocycles. The van der Waals surface area contributed by atoms with Crippen molar-refractivity contribution in [2.24, 2.45) is 34.0 Å². The molecular weight excluding hydrogens is 439 g/mol. The van der Waals surface area contributed by atoms with Gasteiger partial charge in [-0.25, -0.2) is 4.39 Å². The molecule has 0 heterocycles. The third-order valence-corrected chi connectivity index (χ3v) is 11.1. The van der Waals surface area contributed by atoms with Crippen molar-refractivity contribution in [2.45, 2.75) is 91.0 Å². The molecule has 190 valence electrons. The largest absolute Gasteiger partial charge is 0.365 e. The third kappa shape index (κ3) is 3.78. The maximum absolute atomic E-state index is 13.2. The first-order valence-corrected chi connectivity index (χ1v) is 13.5. The van der Waals surface area contributed by atoms with E-state index in [9.17, 15) is 14.3 Å². The summed E-state index contributed by atoms with van der Waals surface area (Å²) in [6.45, 7) is 10.9. The highest BCUT2D eigenvalue weighted by atomic mass is 19.1. The Balaban J connectivity index is 1.35. The second-order valence-corrected chi connectivity index (χ2v) is 12.4. The highest BCUT2D eigenvalue weighted by molar-refractivity contribution is 5.84.